The first-order valence-electron chi connectivity index (χ1n) is 6.77. The number of nitrogens with zero attached hydrogens (tertiary/aromatic N) is 2. The molecule has 0 unspecified atom stereocenters. The highest BCUT2D eigenvalue weighted by atomic mass is 15.1. The summed E-state index contributed by atoms with van der Waals surface area (Å²) in [5, 5.41) is 0. The molecule has 19 heavy (non-hydrogen) atoms. The van der Waals surface area contributed by atoms with Crippen molar-refractivity contribution in [2.45, 2.75) is 19.9 Å². The van der Waals surface area contributed by atoms with E-state index < -0.39 is 0 Å². The molecule has 0 aliphatic rings. The van der Waals surface area contributed by atoms with Gasteiger partial charge in [0.05, 0.1) is 12.2 Å². The molecule has 0 atom stereocenters. The van der Waals surface area contributed by atoms with Crippen molar-refractivity contribution in [1.29, 1.82) is 0 Å². The van der Waals surface area contributed by atoms with Crippen molar-refractivity contribution in [3.8, 4) is 0 Å². The van der Waals surface area contributed by atoms with Gasteiger partial charge in [0.2, 0.25) is 0 Å². The summed E-state index contributed by atoms with van der Waals surface area (Å²) in [4.78, 5) is 6.64. The Morgan fingerprint density at radius 3 is 2.47 bits per heavy atom. The molecule has 1 heterocycles. The molecule has 0 bridgehead atoms. The van der Waals surface area contributed by atoms with Crippen molar-refractivity contribution >= 4 is 5.69 Å². The number of nitrogens with two attached hydrogens (primary N) is 1. The summed E-state index contributed by atoms with van der Waals surface area (Å²) in [7, 11) is 0. The van der Waals surface area contributed by atoms with Gasteiger partial charge in [-0.1, -0.05) is 25.1 Å². The minimum Gasteiger partial charge on any atom is -0.364 e. The number of anilines is 1. The maximum Gasteiger partial charge on any atom is 0.0602 e. The Hall–Kier alpha value is -1.87. The van der Waals surface area contributed by atoms with Crippen molar-refractivity contribution < 1.29 is 0 Å². The normalized spacial score (nSPS) is 10.4. The Balaban J connectivity index is 2.14. The second-order valence-corrected chi connectivity index (χ2v) is 4.55. The summed E-state index contributed by atoms with van der Waals surface area (Å²) >= 11 is 0. The second kappa shape index (κ2) is 6.90. The lowest BCUT2D eigenvalue weighted by Crippen LogP contribution is -2.29. The third kappa shape index (κ3) is 3.80. The molecule has 0 fully saturated rings. The lowest BCUT2D eigenvalue weighted by molar-refractivity contribution is 0.774. The summed E-state index contributed by atoms with van der Waals surface area (Å²) < 4.78 is 0. The molecule has 2 N–H and O–H groups in total. The number of aryl methyl sites for hydroxylation is 1. The van der Waals surface area contributed by atoms with Gasteiger partial charge < -0.3 is 10.6 Å². The van der Waals surface area contributed by atoms with Crippen molar-refractivity contribution in [2.75, 3.05) is 18.0 Å². The zero-order chi connectivity index (χ0) is 13.5. The standard InChI is InChI=1S/C16H21N3/c1-2-14-6-8-16(9-7-14)19(12-10-17)13-15-5-3-4-11-18-15/h3-9,11H,2,10,12-13,17H2,1H3. The zero-order valence-electron chi connectivity index (χ0n) is 11.4. The predicted molar refractivity (Wildman–Crippen MR) is 80.2 cm³/mol. The van der Waals surface area contributed by atoms with E-state index in [9.17, 15) is 0 Å². The van der Waals surface area contributed by atoms with Crippen LogP contribution in [0.3, 0.4) is 0 Å². The maximum absolute atomic E-state index is 5.71. The molecule has 0 amide bonds. The molecule has 0 spiro atoms. The van der Waals surface area contributed by atoms with E-state index >= 15 is 0 Å². The molecule has 0 radical (unpaired) electrons. The van der Waals surface area contributed by atoms with E-state index in [1.54, 1.807) is 0 Å². The molecule has 2 aromatic rings. The highest BCUT2D eigenvalue weighted by Gasteiger charge is 2.07. The second-order valence-electron chi connectivity index (χ2n) is 4.55. The molecule has 3 heteroatoms. The Kier molecular flexibility index (Phi) is 4.93. The Morgan fingerprint density at radius 1 is 1.11 bits per heavy atom. The summed E-state index contributed by atoms with van der Waals surface area (Å²) in [5.41, 5.74) is 9.34. The molecule has 0 aliphatic heterocycles. The van der Waals surface area contributed by atoms with Crippen LogP contribution in [-0.4, -0.2) is 18.1 Å². The topological polar surface area (TPSA) is 42.1 Å². The fraction of sp³-hybridized carbons (Fsp3) is 0.312. The van der Waals surface area contributed by atoms with Crippen molar-refractivity contribution in [1.82, 2.24) is 4.98 Å². The van der Waals surface area contributed by atoms with Crippen LogP contribution in [0.5, 0.6) is 0 Å². The minimum atomic E-state index is 0.641. The summed E-state index contributed by atoms with van der Waals surface area (Å²) in [6, 6.07) is 14.7. The Morgan fingerprint density at radius 2 is 1.89 bits per heavy atom. The number of hydrogen-bond acceptors (Lipinski definition) is 3. The molecule has 1 aromatic carbocycles. The van der Waals surface area contributed by atoms with Crippen molar-refractivity contribution in [3.05, 3.63) is 59.9 Å². The lowest BCUT2D eigenvalue weighted by atomic mass is 10.1. The van der Waals surface area contributed by atoms with Crippen LogP contribution in [0.15, 0.2) is 48.7 Å². The van der Waals surface area contributed by atoms with Gasteiger partial charge in [0.15, 0.2) is 0 Å². The molecular weight excluding hydrogens is 234 g/mol. The van der Waals surface area contributed by atoms with Gasteiger partial charge in [-0.3, -0.25) is 4.98 Å². The van der Waals surface area contributed by atoms with Crippen molar-refractivity contribution in [3.63, 3.8) is 0 Å². The van der Waals surface area contributed by atoms with E-state index in [2.05, 4.69) is 41.1 Å². The van der Waals surface area contributed by atoms with Crippen LogP contribution in [0, 0.1) is 0 Å². The van der Waals surface area contributed by atoms with Crippen LogP contribution in [0.4, 0.5) is 5.69 Å². The van der Waals surface area contributed by atoms with E-state index in [0.717, 1.165) is 25.2 Å². The average molecular weight is 255 g/mol. The van der Waals surface area contributed by atoms with E-state index in [0.29, 0.717) is 6.54 Å². The molecule has 0 aliphatic carbocycles. The van der Waals surface area contributed by atoms with E-state index in [-0.39, 0.29) is 0 Å². The predicted octanol–water partition coefficient (Wildman–Crippen LogP) is 2.61. The van der Waals surface area contributed by atoms with Gasteiger partial charge in [-0.15, -0.1) is 0 Å². The van der Waals surface area contributed by atoms with Crippen LogP contribution in [0.1, 0.15) is 18.2 Å². The number of pyridine rings is 1. The fourth-order valence-corrected chi connectivity index (χ4v) is 2.08. The van der Waals surface area contributed by atoms with Crippen LogP contribution in [0.2, 0.25) is 0 Å². The first-order chi connectivity index (χ1) is 9.33. The minimum absolute atomic E-state index is 0.641. The summed E-state index contributed by atoms with van der Waals surface area (Å²) in [6.07, 6.45) is 2.90. The monoisotopic (exact) mass is 255 g/mol. The van der Waals surface area contributed by atoms with Gasteiger partial charge in [-0.25, -0.2) is 0 Å². The van der Waals surface area contributed by atoms with E-state index in [1.807, 2.05) is 24.4 Å². The summed E-state index contributed by atoms with van der Waals surface area (Å²) in [5.74, 6) is 0. The highest BCUT2D eigenvalue weighted by molar-refractivity contribution is 5.48. The molecule has 0 saturated carbocycles. The largest absolute Gasteiger partial charge is 0.364 e. The van der Waals surface area contributed by atoms with Crippen LogP contribution in [0.25, 0.3) is 0 Å². The van der Waals surface area contributed by atoms with Gasteiger partial charge in [0, 0.05) is 25.0 Å². The van der Waals surface area contributed by atoms with Gasteiger partial charge in [-0.2, -0.15) is 0 Å². The molecule has 3 nitrogen and oxygen atoms in total. The zero-order valence-corrected chi connectivity index (χ0v) is 11.4. The molecule has 100 valence electrons. The average Bonchev–Trinajstić information content (AvgIpc) is 2.48. The number of aromatic nitrogens is 1. The number of rotatable bonds is 6. The van der Waals surface area contributed by atoms with Crippen LogP contribution in [-0.2, 0) is 13.0 Å². The quantitative estimate of drug-likeness (QED) is 0.862. The van der Waals surface area contributed by atoms with Gasteiger partial charge in [0.1, 0.15) is 0 Å². The molecule has 2 rings (SSSR count). The number of benzene rings is 1. The van der Waals surface area contributed by atoms with Gasteiger partial charge in [0.25, 0.3) is 0 Å². The van der Waals surface area contributed by atoms with Gasteiger partial charge >= 0.3 is 0 Å². The maximum atomic E-state index is 5.71. The third-order valence-electron chi connectivity index (χ3n) is 3.19. The third-order valence-corrected chi connectivity index (χ3v) is 3.19. The lowest BCUT2D eigenvalue weighted by Gasteiger charge is -2.24. The van der Waals surface area contributed by atoms with Gasteiger partial charge in [-0.05, 0) is 36.2 Å². The van der Waals surface area contributed by atoms with Crippen molar-refractivity contribution in [2.24, 2.45) is 5.73 Å². The molecule has 0 saturated heterocycles. The Labute approximate surface area is 115 Å². The Bertz CT molecular complexity index is 479. The van der Waals surface area contributed by atoms with E-state index in [1.165, 1.54) is 11.3 Å². The fourth-order valence-electron chi connectivity index (χ4n) is 2.08. The molecule has 1 aromatic heterocycles. The van der Waals surface area contributed by atoms with Crippen LogP contribution < -0.4 is 10.6 Å². The highest BCUT2D eigenvalue weighted by Crippen LogP contribution is 2.17. The first-order valence-corrected chi connectivity index (χ1v) is 6.77. The summed E-state index contributed by atoms with van der Waals surface area (Å²) in [6.45, 7) is 4.44. The molecular formula is C16H21N3. The SMILES string of the molecule is CCc1ccc(N(CCN)Cc2ccccn2)cc1. The van der Waals surface area contributed by atoms with E-state index in [4.69, 9.17) is 5.73 Å². The first kappa shape index (κ1) is 13.6. The number of hydrogen-bond donors (Lipinski definition) is 1. The smallest absolute Gasteiger partial charge is 0.0602 e. The van der Waals surface area contributed by atoms with Crippen LogP contribution >= 0.6 is 0 Å².